The van der Waals surface area contributed by atoms with E-state index in [1.54, 1.807) is 0 Å². The molecule has 1 atom stereocenters. The molecule has 0 aliphatic carbocycles. The van der Waals surface area contributed by atoms with Crippen LogP contribution < -0.4 is 0 Å². The first-order valence-electron chi connectivity index (χ1n) is 5.12. The van der Waals surface area contributed by atoms with Gasteiger partial charge in [0, 0.05) is 0 Å². The van der Waals surface area contributed by atoms with Crippen molar-refractivity contribution in [2.24, 2.45) is 5.92 Å². The fourth-order valence-corrected chi connectivity index (χ4v) is 1.26. The summed E-state index contributed by atoms with van der Waals surface area (Å²) in [6, 6.07) is 0. The normalized spacial score (nSPS) is 13.5. The summed E-state index contributed by atoms with van der Waals surface area (Å²) in [5.41, 5.74) is 0. The molecule has 0 aliphatic heterocycles. The molecule has 0 radical (unpaired) electrons. The Hall–Kier alpha value is -0.520. The van der Waals surface area contributed by atoms with Crippen LogP contribution in [0.4, 0.5) is 0 Å². The van der Waals surface area contributed by atoms with Crippen LogP contribution in [0.3, 0.4) is 0 Å². The molecular formula is C12H22. The maximum atomic E-state index is 3.84. The summed E-state index contributed by atoms with van der Waals surface area (Å²) in [5, 5.41) is 0. The number of hydrogen-bond donors (Lipinski definition) is 0. The van der Waals surface area contributed by atoms with E-state index in [0.29, 0.717) is 5.92 Å². The summed E-state index contributed by atoms with van der Waals surface area (Å²) in [7, 11) is 0. The van der Waals surface area contributed by atoms with E-state index < -0.39 is 0 Å². The SMILES string of the molecule is C=CC(CC=CCCC)CCC. The summed E-state index contributed by atoms with van der Waals surface area (Å²) in [5.74, 6) is 0.697. The van der Waals surface area contributed by atoms with Gasteiger partial charge in [0.15, 0.2) is 0 Å². The average Bonchev–Trinajstić information content (AvgIpc) is 2.10. The molecule has 0 heteroatoms. The standard InChI is InChI=1S/C12H22/c1-4-7-8-9-11-12(6-3)10-5-2/h6,8-9,12H,3-5,7,10-11H2,1-2H3. The second kappa shape index (κ2) is 8.58. The van der Waals surface area contributed by atoms with Crippen LogP contribution in [0.15, 0.2) is 24.8 Å². The van der Waals surface area contributed by atoms with Crippen molar-refractivity contribution in [2.45, 2.75) is 46.0 Å². The molecule has 1 unspecified atom stereocenters. The molecule has 0 N–H and O–H groups in total. The van der Waals surface area contributed by atoms with Crippen LogP contribution >= 0.6 is 0 Å². The summed E-state index contributed by atoms with van der Waals surface area (Å²) in [6.45, 7) is 8.28. The van der Waals surface area contributed by atoms with Gasteiger partial charge in [-0.15, -0.1) is 6.58 Å². The Morgan fingerprint density at radius 3 is 2.42 bits per heavy atom. The van der Waals surface area contributed by atoms with E-state index in [1.807, 2.05) is 0 Å². The van der Waals surface area contributed by atoms with E-state index in [-0.39, 0.29) is 0 Å². The van der Waals surface area contributed by atoms with Gasteiger partial charge in [-0.3, -0.25) is 0 Å². The monoisotopic (exact) mass is 166 g/mol. The predicted molar refractivity (Wildman–Crippen MR) is 57.3 cm³/mol. The van der Waals surface area contributed by atoms with E-state index >= 15 is 0 Å². The third-order valence-corrected chi connectivity index (χ3v) is 2.05. The zero-order valence-electron chi connectivity index (χ0n) is 8.55. The number of allylic oxidation sites excluding steroid dienone is 3. The molecule has 12 heavy (non-hydrogen) atoms. The minimum absolute atomic E-state index is 0.697. The second-order valence-electron chi connectivity index (χ2n) is 3.28. The van der Waals surface area contributed by atoms with Gasteiger partial charge < -0.3 is 0 Å². The first-order valence-corrected chi connectivity index (χ1v) is 5.12. The van der Waals surface area contributed by atoms with Crippen molar-refractivity contribution in [3.05, 3.63) is 24.8 Å². The third-order valence-electron chi connectivity index (χ3n) is 2.05. The molecule has 0 spiro atoms. The lowest BCUT2D eigenvalue weighted by Crippen LogP contribution is -1.92. The van der Waals surface area contributed by atoms with Gasteiger partial charge in [-0.2, -0.15) is 0 Å². The maximum Gasteiger partial charge on any atom is -0.0202 e. The number of rotatable bonds is 7. The Kier molecular flexibility index (Phi) is 8.20. The molecular weight excluding hydrogens is 144 g/mol. The minimum Gasteiger partial charge on any atom is -0.103 e. The Bertz CT molecular complexity index is 122. The van der Waals surface area contributed by atoms with Gasteiger partial charge >= 0.3 is 0 Å². The van der Waals surface area contributed by atoms with E-state index in [9.17, 15) is 0 Å². The molecule has 0 fully saturated rings. The topological polar surface area (TPSA) is 0 Å². The van der Waals surface area contributed by atoms with Crippen LogP contribution in [0.1, 0.15) is 46.0 Å². The van der Waals surface area contributed by atoms with Crippen molar-refractivity contribution in [3.8, 4) is 0 Å². The highest BCUT2D eigenvalue weighted by atomic mass is 14.0. The zero-order chi connectivity index (χ0) is 9.23. The predicted octanol–water partition coefficient (Wildman–Crippen LogP) is 4.34. The van der Waals surface area contributed by atoms with Gasteiger partial charge in [-0.1, -0.05) is 44.9 Å². The second-order valence-corrected chi connectivity index (χ2v) is 3.28. The molecule has 0 aromatic rings. The average molecular weight is 166 g/mol. The van der Waals surface area contributed by atoms with E-state index in [2.05, 4.69) is 38.7 Å². The highest BCUT2D eigenvalue weighted by molar-refractivity contribution is 4.89. The molecule has 0 saturated carbocycles. The highest BCUT2D eigenvalue weighted by Crippen LogP contribution is 2.12. The van der Waals surface area contributed by atoms with Crippen molar-refractivity contribution in [1.29, 1.82) is 0 Å². The lowest BCUT2D eigenvalue weighted by atomic mass is 10.00. The van der Waals surface area contributed by atoms with Crippen molar-refractivity contribution in [3.63, 3.8) is 0 Å². The molecule has 0 saturated heterocycles. The van der Waals surface area contributed by atoms with Crippen molar-refractivity contribution in [2.75, 3.05) is 0 Å². The van der Waals surface area contributed by atoms with Crippen LogP contribution in [0.25, 0.3) is 0 Å². The van der Waals surface area contributed by atoms with E-state index in [4.69, 9.17) is 0 Å². The number of unbranched alkanes of at least 4 members (excludes halogenated alkanes) is 1. The first-order chi connectivity index (χ1) is 5.85. The summed E-state index contributed by atoms with van der Waals surface area (Å²) < 4.78 is 0. The molecule has 0 bridgehead atoms. The Balaban J connectivity index is 3.49. The fourth-order valence-electron chi connectivity index (χ4n) is 1.26. The molecule has 0 rings (SSSR count). The van der Waals surface area contributed by atoms with Crippen LogP contribution in [-0.4, -0.2) is 0 Å². The van der Waals surface area contributed by atoms with Gasteiger partial charge in [0.25, 0.3) is 0 Å². The van der Waals surface area contributed by atoms with Gasteiger partial charge in [-0.25, -0.2) is 0 Å². The van der Waals surface area contributed by atoms with E-state index in [0.717, 1.165) is 0 Å². The van der Waals surface area contributed by atoms with Crippen molar-refractivity contribution < 1.29 is 0 Å². The minimum atomic E-state index is 0.697. The van der Waals surface area contributed by atoms with Crippen LogP contribution in [0, 0.1) is 5.92 Å². The van der Waals surface area contributed by atoms with Gasteiger partial charge in [-0.05, 0) is 25.2 Å². The first kappa shape index (κ1) is 11.5. The summed E-state index contributed by atoms with van der Waals surface area (Å²) >= 11 is 0. The summed E-state index contributed by atoms with van der Waals surface area (Å²) in [6.07, 6.45) is 12.9. The molecule has 0 nitrogen and oxygen atoms in total. The van der Waals surface area contributed by atoms with Crippen LogP contribution in [0.5, 0.6) is 0 Å². The lowest BCUT2D eigenvalue weighted by Gasteiger charge is -2.06. The van der Waals surface area contributed by atoms with Crippen molar-refractivity contribution >= 4 is 0 Å². The maximum absolute atomic E-state index is 3.84. The van der Waals surface area contributed by atoms with E-state index in [1.165, 1.54) is 32.1 Å². The lowest BCUT2D eigenvalue weighted by molar-refractivity contribution is 0.588. The molecule has 70 valence electrons. The van der Waals surface area contributed by atoms with Gasteiger partial charge in [0.05, 0.1) is 0 Å². The molecule has 0 amide bonds. The Morgan fingerprint density at radius 2 is 1.92 bits per heavy atom. The molecule has 0 aromatic heterocycles. The third kappa shape index (κ3) is 6.21. The van der Waals surface area contributed by atoms with Gasteiger partial charge in [0.1, 0.15) is 0 Å². The summed E-state index contributed by atoms with van der Waals surface area (Å²) in [4.78, 5) is 0. The molecule has 0 heterocycles. The van der Waals surface area contributed by atoms with Crippen LogP contribution in [0.2, 0.25) is 0 Å². The molecule has 0 aliphatic rings. The van der Waals surface area contributed by atoms with Crippen LogP contribution in [-0.2, 0) is 0 Å². The Labute approximate surface area is 77.4 Å². The Morgan fingerprint density at radius 1 is 1.17 bits per heavy atom. The zero-order valence-corrected chi connectivity index (χ0v) is 8.55. The van der Waals surface area contributed by atoms with Gasteiger partial charge in [0.2, 0.25) is 0 Å². The fraction of sp³-hybridized carbons (Fsp3) is 0.667. The molecule has 0 aromatic carbocycles. The van der Waals surface area contributed by atoms with Crippen molar-refractivity contribution in [1.82, 2.24) is 0 Å². The highest BCUT2D eigenvalue weighted by Gasteiger charge is 1.98. The number of hydrogen-bond acceptors (Lipinski definition) is 0. The quantitative estimate of drug-likeness (QED) is 0.494. The largest absolute Gasteiger partial charge is 0.103 e. The smallest absolute Gasteiger partial charge is 0.0202 e.